The number of amides is 1. The first-order chi connectivity index (χ1) is 9.88. The molecule has 0 aliphatic carbocycles. The summed E-state index contributed by atoms with van der Waals surface area (Å²) >= 11 is 0. The lowest BCUT2D eigenvalue weighted by Crippen LogP contribution is -2.33. The van der Waals surface area contributed by atoms with Gasteiger partial charge < -0.3 is 9.88 Å². The van der Waals surface area contributed by atoms with Crippen LogP contribution >= 0.6 is 0 Å². The van der Waals surface area contributed by atoms with E-state index in [-0.39, 0.29) is 16.9 Å². The van der Waals surface area contributed by atoms with Crippen LogP contribution in [0.1, 0.15) is 26.1 Å². The van der Waals surface area contributed by atoms with Crippen LogP contribution in [0.15, 0.2) is 11.2 Å². The van der Waals surface area contributed by atoms with Crippen LogP contribution in [0.5, 0.6) is 0 Å². The molecule has 0 unspecified atom stereocenters. The van der Waals surface area contributed by atoms with Crippen LogP contribution in [-0.4, -0.2) is 60.2 Å². The molecule has 1 atom stereocenters. The molecule has 1 aliphatic rings. The van der Waals surface area contributed by atoms with Crippen LogP contribution < -0.4 is 0 Å². The first kappa shape index (κ1) is 16.0. The van der Waals surface area contributed by atoms with Crippen LogP contribution in [0.25, 0.3) is 0 Å². The lowest BCUT2D eigenvalue weighted by Gasteiger charge is -2.20. The summed E-state index contributed by atoms with van der Waals surface area (Å²) < 4.78 is 26.2. The number of nitrogens with one attached hydrogen (secondary N) is 1. The van der Waals surface area contributed by atoms with Gasteiger partial charge in [-0.05, 0) is 12.8 Å². The summed E-state index contributed by atoms with van der Waals surface area (Å²) in [6.45, 7) is 5.47. The molecule has 0 aromatic carbocycles. The van der Waals surface area contributed by atoms with Crippen molar-refractivity contribution in [1.82, 2.24) is 19.2 Å². The highest BCUT2D eigenvalue weighted by Gasteiger charge is 2.32. The van der Waals surface area contributed by atoms with Gasteiger partial charge in [0.25, 0.3) is 10.0 Å². The Kier molecular flexibility index (Phi) is 4.67. The van der Waals surface area contributed by atoms with Gasteiger partial charge in [-0.3, -0.25) is 4.79 Å². The zero-order chi connectivity index (χ0) is 15.6. The van der Waals surface area contributed by atoms with Gasteiger partial charge in [0.2, 0.25) is 5.91 Å². The van der Waals surface area contributed by atoms with E-state index in [1.165, 1.54) is 10.5 Å². The van der Waals surface area contributed by atoms with E-state index in [0.717, 1.165) is 0 Å². The van der Waals surface area contributed by atoms with Gasteiger partial charge in [-0.2, -0.15) is 4.31 Å². The molecule has 118 valence electrons. The van der Waals surface area contributed by atoms with Gasteiger partial charge in [-0.1, -0.05) is 6.92 Å². The van der Waals surface area contributed by atoms with E-state index in [2.05, 4.69) is 9.97 Å². The number of sulfonamides is 1. The fourth-order valence-electron chi connectivity index (χ4n) is 2.57. The number of rotatable bonds is 6. The highest BCUT2D eigenvalue weighted by atomic mass is 32.2. The number of aryl methyl sites for hydroxylation is 1. The third-order valence-corrected chi connectivity index (χ3v) is 5.55. The lowest BCUT2D eigenvalue weighted by atomic mass is 10.1. The maximum Gasteiger partial charge on any atom is 0.259 e. The first-order valence-corrected chi connectivity index (χ1v) is 8.60. The predicted molar refractivity (Wildman–Crippen MR) is 78.1 cm³/mol. The molecule has 8 heteroatoms. The van der Waals surface area contributed by atoms with Gasteiger partial charge in [-0.25, -0.2) is 13.4 Å². The van der Waals surface area contributed by atoms with Gasteiger partial charge >= 0.3 is 0 Å². The molecule has 0 bridgehead atoms. The van der Waals surface area contributed by atoms with E-state index in [0.29, 0.717) is 38.3 Å². The third-order valence-electron chi connectivity index (χ3n) is 3.82. The number of aromatic nitrogens is 2. The largest absolute Gasteiger partial charge is 0.343 e. The smallest absolute Gasteiger partial charge is 0.259 e. The molecule has 21 heavy (non-hydrogen) atoms. The highest BCUT2D eigenvalue weighted by molar-refractivity contribution is 7.89. The maximum atomic E-state index is 12.4. The quantitative estimate of drug-likeness (QED) is 0.826. The molecule has 1 saturated heterocycles. The minimum atomic E-state index is -3.57. The average Bonchev–Trinajstić information content (AvgIpc) is 3.05. The zero-order valence-corrected chi connectivity index (χ0v) is 13.5. The topological polar surface area (TPSA) is 86.4 Å². The number of nitrogens with zero attached hydrogens (tertiary/aromatic N) is 3. The van der Waals surface area contributed by atoms with Crippen LogP contribution in [0.2, 0.25) is 0 Å². The fraction of sp³-hybridized carbons (Fsp3) is 0.692. The molecule has 1 aromatic rings. The van der Waals surface area contributed by atoms with Crippen molar-refractivity contribution in [1.29, 1.82) is 0 Å². The number of carbonyl (C=O) groups excluding carboxylic acids is 1. The molecular weight excluding hydrogens is 292 g/mol. The van der Waals surface area contributed by atoms with Crippen LogP contribution in [0, 0.1) is 5.92 Å². The van der Waals surface area contributed by atoms with E-state index in [4.69, 9.17) is 0 Å². The number of carbonyl (C=O) groups is 1. The van der Waals surface area contributed by atoms with Crippen LogP contribution in [0.3, 0.4) is 0 Å². The summed E-state index contributed by atoms with van der Waals surface area (Å²) in [5, 5.41) is 0.110. The molecule has 2 heterocycles. The second-order valence-corrected chi connectivity index (χ2v) is 7.35. The summed E-state index contributed by atoms with van der Waals surface area (Å²) in [7, 11) is -2.03. The summed E-state index contributed by atoms with van der Waals surface area (Å²) in [6.07, 6.45) is 2.42. The van der Waals surface area contributed by atoms with Gasteiger partial charge in [-0.15, -0.1) is 0 Å². The van der Waals surface area contributed by atoms with Crippen molar-refractivity contribution >= 4 is 15.9 Å². The van der Waals surface area contributed by atoms with Gasteiger partial charge in [0.15, 0.2) is 5.03 Å². The van der Waals surface area contributed by atoms with E-state index < -0.39 is 10.0 Å². The molecular formula is C13H22N4O3S. The molecule has 0 radical (unpaired) electrons. The lowest BCUT2D eigenvalue weighted by molar-refractivity contribution is -0.127. The maximum absolute atomic E-state index is 12.4. The number of likely N-dealkylation sites (tertiary alicyclic amines) is 1. The predicted octanol–water partition coefficient (Wildman–Crippen LogP) is 0.461. The van der Waals surface area contributed by atoms with Crippen LogP contribution in [-0.2, 0) is 21.2 Å². The van der Waals surface area contributed by atoms with Gasteiger partial charge in [0.1, 0.15) is 5.82 Å². The second-order valence-electron chi connectivity index (χ2n) is 5.34. The summed E-state index contributed by atoms with van der Waals surface area (Å²) in [5.74, 6) is 0.795. The Morgan fingerprint density at radius 3 is 2.71 bits per heavy atom. The number of hydrogen-bond acceptors (Lipinski definition) is 4. The Bertz CT molecular complexity index is 611. The Morgan fingerprint density at radius 2 is 2.19 bits per heavy atom. The number of hydrogen-bond donors (Lipinski definition) is 1. The first-order valence-electron chi connectivity index (χ1n) is 7.16. The molecule has 1 amide bonds. The molecule has 0 spiro atoms. The van der Waals surface area contributed by atoms with Crippen molar-refractivity contribution in [2.45, 2.75) is 31.7 Å². The van der Waals surface area contributed by atoms with E-state index in [1.54, 1.807) is 11.9 Å². The summed E-state index contributed by atoms with van der Waals surface area (Å²) in [4.78, 5) is 20.3. The average molecular weight is 314 g/mol. The molecule has 1 aliphatic heterocycles. The van der Waals surface area contributed by atoms with E-state index >= 15 is 0 Å². The Balaban J connectivity index is 2.05. The molecule has 7 nitrogen and oxygen atoms in total. The van der Waals surface area contributed by atoms with Crippen molar-refractivity contribution in [3.8, 4) is 0 Å². The molecule has 1 aromatic heterocycles. The van der Waals surface area contributed by atoms with E-state index in [1.807, 2.05) is 13.8 Å². The SMILES string of the molecule is CCc1ncc(S(=O)(=O)N(C)C[C@@H]2CC(=O)N(CC)C2)[nH]1. The standard InChI is InChI=1S/C13H22N4O3S/c1-4-11-14-7-12(15-11)21(19,20)16(3)8-10-6-13(18)17(5-2)9-10/h7,10H,4-6,8-9H2,1-3H3,(H,14,15)/t10-/m0/s1. The third kappa shape index (κ3) is 3.26. The van der Waals surface area contributed by atoms with Crippen molar-refractivity contribution in [3.05, 3.63) is 12.0 Å². The number of aromatic amines is 1. The minimum Gasteiger partial charge on any atom is -0.343 e. The van der Waals surface area contributed by atoms with Crippen LogP contribution in [0.4, 0.5) is 0 Å². The number of imidazole rings is 1. The van der Waals surface area contributed by atoms with Gasteiger partial charge in [0.05, 0.1) is 6.20 Å². The summed E-state index contributed by atoms with van der Waals surface area (Å²) in [5.41, 5.74) is 0. The van der Waals surface area contributed by atoms with Crippen molar-refractivity contribution in [2.24, 2.45) is 5.92 Å². The fourth-order valence-corrected chi connectivity index (χ4v) is 3.74. The van der Waals surface area contributed by atoms with Gasteiger partial charge in [0, 0.05) is 39.5 Å². The van der Waals surface area contributed by atoms with Crippen molar-refractivity contribution < 1.29 is 13.2 Å². The van der Waals surface area contributed by atoms with Crippen molar-refractivity contribution in [3.63, 3.8) is 0 Å². The highest BCUT2D eigenvalue weighted by Crippen LogP contribution is 2.21. The zero-order valence-electron chi connectivity index (χ0n) is 12.7. The Labute approximate surface area is 125 Å². The normalized spacial score (nSPS) is 19.7. The minimum absolute atomic E-state index is 0.0470. The monoisotopic (exact) mass is 314 g/mol. The molecule has 0 saturated carbocycles. The van der Waals surface area contributed by atoms with Crippen molar-refractivity contribution in [2.75, 3.05) is 26.7 Å². The molecule has 1 fully saturated rings. The second kappa shape index (κ2) is 6.15. The number of H-pyrrole nitrogens is 1. The Morgan fingerprint density at radius 1 is 1.48 bits per heavy atom. The molecule has 1 N–H and O–H groups in total. The summed E-state index contributed by atoms with van der Waals surface area (Å²) in [6, 6.07) is 0. The van der Waals surface area contributed by atoms with E-state index in [9.17, 15) is 13.2 Å². The Hall–Kier alpha value is -1.41. The molecule has 2 rings (SSSR count).